The van der Waals surface area contributed by atoms with Gasteiger partial charge in [0.05, 0.1) is 10.4 Å². The Kier molecular flexibility index (Phi) is 5.42. The molecule has 2 rings (SSSR count). The van der Waals surface area contributed by atoms with Crippen molar-refractivity contribution in [2.24, 2.45) is 17.1 Å². The zero-order chi connectivity index (χ0) is 14.6. The van der Waals surface area contributed by atoms with E-state index in [-0.39, 0.29) is 5.91 Å². The fourth-order valence-electron chi connectivity index (χ4n) is 3.78. The summed E-state index contributed by atoms with van der Waals surface area (Å²) >= 11 is 5.32. The standard InChI is InChI=1S/C16H28N2OS/c1-2-13-8-7-11-18(12-13)15(19)16(14(17)20)9-5-3-4-6-10-16/h13H,2-12H2,1H3,(H2,17,20). The van der Waals surface area contributed by atoms with Crippen molar-refractivity contribution in [1.82, 2.24) is 4.90 Å². The monoisotopic (exact) mass is 296 g/mol. The van der Waals surface area contributed by atoms with Crippen LogP contribution >= 0.6 is 12.2 Å². The maximum atomic E-state index is 13.1. The van der Waals surface area contributed by atoms with Crippen molar-refractivity contribution in [3.8, 4) is 0 Å². The Balaban J connectivity index is 2.15. The number of likely N-dealkylation sites (tertiary alicyclic amines) is 1. The number of carbonyl (C=O) groups excluding carboxylic acids is 1. The SMILES string of the molecule is CCC1CCCN(C(=O)C2(C(N)=S)CCCCCC2)C1. The highest BCUT2D eigenvalue weighted by Crippen LogP contribution is 2.38. The van der Waals surface area contributed by atoms with Crippen molar-refractivity contribution in [3.05, 3.63) is 0 Å². The van der Waals surface area contributed by atoms with Gasteiger partial charge in [0.15, 0.2) is 0 Å². The van der Waals surface area contributed by atoms with E-state index in [1.54, 1.807) is 0 Å². The van der Waals surface area contributed by atoms with Gasteiger partial charge in [0, 0.05) is 13.1 Å². The summed E-state index contributed by atoms with van der Waals surface area (Å²) in [6.07, 6.45) is 9.80. The normalized spacial score (nSPS) is 26.9. The maximum absolute atomic E-state index is 13.1. The van der Waals surface area contributed by atoms with Crippen LogP contribution in [-0.4, -0.2) is 28.9 Å². The largest absolute Gasteiger partial charge is 0.392 e. The predicted molar refractivity (Wildman–Crippen MR) is 86.5 cm³/mol. The van der Waals surface area contributed by atoms with Crippen molar-refractivity contribution in [1.29, 1.82) is 0 Å². The number of amides is 1. The predicted octanol–water partition coefficient (Wildman–Crippen LogP) is 3.26. The number of piperidine rings is 1. The Morgan fingerprint density at radius 1 is 1.25 bits per heavy atom. The third kappa shape index (κ3) is 3.16. The molecule has 3 nitrogen and oxygen atoms in total. The summed E-state index contributed by atoms with van der Waals surface area (Å²) in [6, 6.07) is 0. The summed E-state index contributed by atoms with van der Waals surface area (Å²) in [5.41, 5.74) is 5.49. The second kappa shape index (κ2) is 6.88. The maximum Gasteiger partial charge on any atom is 0.235 e. The molecule has 20 heavy (non-hydrogen) atoms. The third-order valence-electron chi connectivity index (χ3n) is 5.22. The smallest absolute Gasteiger partial charge is 0.235 e. The fourth-order valence-corrected chi connectivity index (χ4v) is 4.07. The van der Waals surface area contributed by atoms with Gasteiger partial charge in [-0.2, -0.15) is 0 Å². The molecule has 2 aliphatic rings. The Morgan fingerprint density at radius 3 is 2.45 bits per heavy atom. The highest BCUT2D eigenvalue weighted by Gasteiger charge is 2.44. The molecule has 0 bridgehead atoms. The fraction of sp³-hybridized carbons (Fsp3) is 0.875. The molecule has 0 spiro atoms. The number of hydrogen-bond donors (Lipinski definition) is 1. The zero-order valence-corrected chi connectivity index (χ0v) is 13.5. The van der Waals surface area contributed by atoms with E-state index >= 15 is 0 Å². The quantitative estimate of drug-likeness (QED) is 0.642. The van der Waals surface area contributed by atoms with E-state index in [2.05, 4.69) is 11.8 Å². The van der Waals surface area contributed by atoms with Crippen LogP contribution in [0.3, 0.4) is 0 Å². The summed E-state index contributed by atoms with van der Waals surface area (Å²) in [5.74, 6) is 0.881. The van der Waals surface area contributed by atoms with Gasteiger partial charge >= 0.3 is 0 Å². The molecule has 2 N–H and O–H groups in total. The number of nitrogens with two attached hydrogens (primary N) is 1. The van der Waals surface area contributed by atoms with Crippen molar-refractivity contribution in [3.63, 3.8) is 0 Å². The van der Waals surface area contributed by atoms with E-state index < -0.39 is 5.41 Å². The number of rotatable bonds is 3. The molecule has 1 heterocycles. The van der Waals surface area contributed by atoms with Gasteiger partial charge in [0.25, 0.3) is 0 Å². The molecule has 0 radical (unpaired) electrons. The molecule has 1 saturated carbocycles. The minimum Gasteiger partial charge on any atom is -0.392 e. The van der Waals surface area contributed by atoms with E-state index in [0.717, 1.165) is 51.6 Å². The van der Waals surface area contributed by atoms with E-state index in [1.807, 2.05) is 0 Å². The lowest BCUT2D eigenvalue weighted by molar-refractivity contribution is -0.140. The first kappa shape index (κ1) is 15.7. The number of carbonyl (C=O) groups is 1. The van der Waals surface area contributed by atoms with E-state index in [9.17, 15) is 4.79 Å². The lowest BCUT2D eigenvalue weighted by Gasteiger charge is -2.40. The highest BCUT2D eigenvalue weighted by molar-refractivity contribution is 7.80. The Labute approximate surface area is 128 Å². The van der Waals surface area contributed by atoms with Crippen LogP contribution in [0.25, 0.3) is 0 Å². The van der Waals surface area contributed by atoms with Gasteiger partial charge in [-0.3, -0.25) is 4.79 Å². The molecule has 1 aliphatic carbocycles. The van der Waals surface area contributed by atoms with Crippen LogP contribution in [0.2, 0.25) is 0 Å². The lowest BCUT2D eigenvalue weighted by Crippen LogP contribution is -2.53. The lowest BCUT2D eigenvalue weighted by atomic mass is 9.78. The van der Waals surface area contributed by atoms with Gasteiger partial charge in [-0.05, 0) is 31.6 Å². The summed E-state index contributed by atoms with van der Waals surface area (Å²) < 4.78 is 0. The van der Waals surface area contributed by atoms with Crippen molar-refractivity contribution >= 4 is 23.1 Å². The molecule has 1 atom stereocenters. The molecule has 1 saturated heterocycles. The van der Waals surface area contributed by atoms with Crippen LogP contribution < -0.4 is 5.73 Å². The Bertz CT molecular complexity index is 361. The van der Waals surface area contributed by atoms with Crippen LogP contribution in [0.5, 0.6) is 0 Å². The van der Waals surface area contributed by atoms with Crippen LogP contribution in [0, 0.1) is 11.3 Å². The molecule has 114 valence electrons. The first-order valence-corrected chi connectivity index (χ1v) is 8.60. The van der Waals surface area contributed by atoms with E-state index in [1.165, 1.54) is 19.3 Å². The second-order valence-corrected chi connectivity index (χ2v) is 6.97. The Morgan fingerprint density at radius 2 is 1.90 bits per heavy atom. The van der Waals surface area contributed by atoms with Gasteiger partial charge in [-0.1, -0.05) is 51.2 Å². The van der Waals surface area contributed by atoms with Crippen LogP contribution in [0.1, 0.15) is 64.7 Å². The summed E-state index contributed by atoms with van der Waals surface area (Å²) in [6.45, 7) is 4.01. The van der Waals surface area contributed by atoms with Crippen LogP contribution in [-0.2, 0) is 4.79 Å². The first-order chi connectivity index (χ1) is 9.60. The second-order valence-electron chi connectivity index (χ2n) is 6.53. The summed E-state index contributed by atoms with van der Waals surface area (Å²) in [5, 5.41) is 0. The average molecular weight is 296 g/mol. The van der Waals surface area contributed by atoms with Crippen LogP contribution in [0.15, 0.2) is 0 Å². The summed E-state index contributed by atoms with van der Waals surface area (Å²) in [4.78, 5) is 15.6. The minimum atomic E-state index is -0.540. The first-order valence-electron chi connectivity index (χ1n) is 8.19. The molecule has 1 amide bonds. The van der Waals surface area contributed by atoms with Gasteiger partial charge in [0.2, 0.25) is 5.91 Å². The molecule has 1 unspecified atom stereocenters. The molecule has 0 aromatic heterocycles. The van der Waals surface area contributed by atoms with Crippen molar-refractivity contribution in [2.45, 2.75) is 64.7 Å². The zero-order valence-electron chi connectivity index (χ0n) is 12.7. The van der Waals surface area contributed by atoms with Gasteiger partial charge < -0.3 is 10.6 Å². The summed E-state index contributed by atoms with van der Waals surface area (Å²) in [7, 11) is 0. The molecule has 1 aliphatic heterocycles. The van der Waals surface area contributed by atoms with Gasteiger partial charge in [-0.15, -0.1) is 0 Å². The molecule has 4 heteroatoms. The Hall–Kier alpha value is -0.640. The number of hydrogen-bond acceptors (Lipinski definition) is 2. The molecule has 0 aromatic carbocycles. The van der Waals surface area contributed by atoms with Crippen molar-refractivity contribution < 1.29 is 4.79 Å². The molecular weight excluding hydrogens is 268 g/mol. The molecule has 2 fully saturated rings. The average Bonchev–Trinajstić information content (AvgIpc) is 2.73. The van der Waals surface area contributed by atoms with Crippen LogP contribution in [0.4, 0.5) is 0 Å². The third-order valence-corrected chi connectivity index (χ3v) is 5.61. The molecular formula is C16H28N2OS. The van der Waals surface area contributed by atoms with E-state index in [4.69, 9.17) is 18.0 Å². The highest BCUT2D eigenvalue weighted by atomic mass is 32.1. The number of nitrogens with zero attached hydrogens (tertiary/aromatic N) is 1. The van der Waals surface area contributed by atoms with Gasteiger partial charge in [-0.25, -0.2) is 0 Å². The van der Waals surface area contributed by atoms with Gasteiger partial charge in [0.1, 0.15) is 0 Å². The van der Waals surface area contributed by atoms with E-state index in [0.29, 0.717) is 10.9 Å². The topological polar surface area (TPSA) is 46.3 Å². The molecule has 0 aromatic rings. The minimum absolute atomic E-state index is 0.227. The number of thiocarbonyl (C=S) groups is 1. The van der Waals surface area contributed by atoms with Crippen molar-refractivity contribution in [2.75, 3.05) is 13.1 Å².